The van der Waals surface area contributed by atoms with E-state index in [9.17, 15) is 0 Å². The molecule has 0 spiro atoms. The van der Waals surface area contributed by atoms with Crippen molar-refractivity contribution in [1.82, 2.24) is 15.1 Å². The fraction of sp³-hybridized carbons (Fsp3) is 0.417. The van der Waals surface area contributed by atoms with Gasteiger partial charge >= 0.3 is 0 Å². The van der Waals surface area contributed by atoms with E-state index in [1.165, 1.54) is 5.56 Å². The van der Waals surface area contributed by atoms with Gasteiger partial charge < -0.3 is 9.73 Å². The van der Waals surface area contributed by atoms with Crippen LogP contribution in [0, 0.1) is 6.92 Å². The van der Waals surface area contributed by atoms with Gasteiger partial charge in [0.2, 0.25) is 0 Å². The minimum absolute atomic E-state index is 0.772. The van der Waals surface area contributed by atoms with E-state index in [2.05, 4.69) is 23.4 Å². The molecule has 0 radical (unpaired) electrons. The number of furan rings is 1. The van der Waals surface area contributed by atoms with Crippen molar-refractivity contribution in [2.24, 2.45) is 0 Å². The first-order valence-electron chi connectivity index (χ1n) is 5.56. The number of hydrogen-bond donors (Lipinski definition) is 1. The normalized spacial score (nSPS) is 10.9. The Morgan fingerprint density at radius 3 is 3.06 bits per heavy atom. The third-order valence-corrected chi connectivity index (χ3v) is 2.51. The highest BCUT2D eigenvalue weighted by atomic mass is 16.3. The summed E-state index contributed by atoms with van der Waals surface area (Å²) in [5.41, 5.74) is 1.19. The molecule has 0 saturated carbocycles. The van der Waals surface area contributed by atoms with E-state index in [1.807, 2.05) is 23.9 Å². The second kappa shape index (κ2) is 4.99. The maximum absolute atomic E-state index is 5.66. The fourth-order valence-electron chi connectivity index (χ4n) is 1.65. The molecule has 86 valence electrons. The SMILES string of the molecule is CCNCc1cc(Cn2cccn2)c(C)o1. The van der Waals surface area contributed by atoms with E-state index in [0.29, 0.717) is 0 Å². The van der Waals surface area contributed by atoms with E-state index in [4.69, 9.17) is 4.42 Å². The van der Waals surface area contributed by atoms with Crippen LogP contribution in [0.2, 0.25) is 0 Å². The van der Waals surface area contributed by atoms with Crippen LogP contribution in [0.25, 0.3) is 0 Å². The molecular formula is C12H17N3O. The van der Waals surface area contributed by atoms with Gasteiger partial charge in [-0.15, -0.1) is 0 Å². The minimum Gasteiger partial charge on any atom is -0.465 e. The zero-order valence-electron chi connectivity index (χ0n) is 9.73. The number of rotatable bonds is 5. The maximum atomic E-state index is 5.66. The van der Waals surface area contributed by atoms with Gasteiger partial charge in [0.25, 0.3) is 0 Å². The summed E-state index contributed by atoms with van der Waals surface area (Å²) in [6.07, 6.45) is 3.74. The third-order valence-electron chi connectivity index (χ3n) is 2.51. The summed E-state index contributed by atoms with van der Waals surface area (Å²) < 4.78 is 7.56. The molecule has 2 heterocycles. The van der Waals surface area contributed by atoms with Crippen molar-refractivity contribution in [3.8, 4) is 0 Å². The van der Waals surface area contributed by atoms with E-state index in [0.717, 1.165) is 31.2 Å². The highest BCUT2D eigenvalue weighted by molar-refractivity contribution is 5.21. The lowest BCUT2D eigenvalue weighted by atomic mass is 10.2. The zero-order valence-corrected chi connectivity index (χ0v) is 9.73. The molecule has 4 heteroatoms. The Hall–Kier alpha value is -1.55. The van der Waals surface area contributed by atoms with Crippen molar-refractivity contribution >= 4 is 0 Å². The molecule has 0 fully saturated rings. The lowest BCUT2D eigenvalue weighted by molar-refractivity contribution is 0.462. The zero-order chi connectivity index (χ0) is 11.4. The quantitative estimate of drug-likeness (QED) is 0.835. The Labute approximate surface area is 95.3 Å². The van der Waals surface area contributed by atoms with Gasteiger partial charge in [0.15, 0.2) is 0 Å². The number of aromatic nitrogens is 2. The van der Waals surface area contributed by atoms with Crippen LogP contribution in [0.15, 0.2) is 28.9 Å². The Morgan fingerprint density at radius 1 is 1.50 bits per heavy atom. The topological polar surface area (TPSA) is 43.0 Å². The average Bonchev–Trinajstić information content (AvgIpc) is 2.87. The van der Waals surface area contributed by atoms with Crippen molar-refractivity contribution in [2.75, 3.05) is 6.54 Å². The van der Waals surface area contributed by atoms with Crippen LogP contribution in [0.5, 0.6) is 0 Å². The highest BCUT2D eigenvalue weighted by Crippen LogP contribution is 2.15. The molecule has 0 aliphatic heterocycles. The smallest absolute Gasteiger partial charge is 0.118 e. The molecule has 2 aromatic heterocycles. The standard InChI is InChI=1S/C12H17N3O/c1-3-13-8-12-7-11(10(2)16-12)9-15-6-4-5-14-15/h4-7,13H,3,8-9H2,1-2H3. The Bertz CT molecular complexity index is 431. The minimum atomic E-state index is 0.772. The average molecular weight is 219 g/mol. The van der Waals surface area contributed by atoms with Crippen molar-refractivity contribution in [3.05, 3.63) is 41.6 Å². The van der Waals surface area contributed by atoms with E-state index in [-0.39, 0.29) is 0 Å². The Balaban J connectivity index is 2.06. The molecule has 0 aliphatic rings. The molecule has 1 N–H and O–H groups in total. The molecule has 2 aromatic rings. The summed E-state index contributed by atoms with van der Waals surface area (Å²) in [6.45, 7) is 6.59. The number of nitrogens with one attached hydrogen (secondary N) is 1. The van der Waals surface area contributed by atoms with Crippen LogP contribution in [-0.4, -0.2) is 16.3 Å². The molecule has 16 heavy (non-hydrogen) atoms. The third kappa shape index (κ3) is 2.52. The van der Waals surface area contributed by atoms with Crippen molar-refractivity contribution in [2.45, 2.75) is 26.9 Å². The van der Waals surface area contributed by atoms with Crippen molar-refractivity contribution in [1.29, 1.82) is 0 Å². The van der Waals surface area contributed by atoms with Gasteiger partial charge in [0, 0.05) is 18.0 Å². The van der Waals surface area contributed by atoms with Crippen LogP contribution >= 0.6 is 0 Å². The predicted octanol–water partition coefficient (Wildman–Crippen LogP) is 1.94. The van der Waals surface area contributed by atoms with E-state index >= 15 is 0 Å². The first-order chi connectivity index (χ1) is 7.79. The summed E-state index contributed by atoms with van der Waals surface area (Å²) >= 11 is 0. The van der Waals surface area contributed by atoms with Gasteiger partial charge in [-0.05, 0) is 25.6 Å². The van der Waals surface area contributed by atoms with Crippen LogP contribution in [0.4, 0.5) is 0 Å². The van der Waals surface area contributed by atoms with Gasteiger partial charge in [-0.25, -0.2) is 0 Å². The Kier molecular flexibility index (Phi) is 3.41. The molecule has 0 amide bonds. The molecule has 0 saturated heterocycles. The van der Waals surface area contributed by atoms with Gasteiger partial charge in [-0.2, -0.15) is 5.10 Å². The highest BCUT2D eigenvalue weighted by Gasteiger charge is 2.07. The van der Waals surface area contributed by atoms with Gasteiger partial charge in [-0.1, -0.05) is 6.92 Å². The van der Waals surface area contributed by atoms with Crippen molar-refractivity contribution < 1.29 is 4.42 Å². The number of hydrogen-bond acceptors (Lipinski definition) is 3. The maximum Gasteiger partial charge on any atom is 0.118 e. The summed E-state index contributed by atoms with van der Waals surface area (Å²) in [5, 5.41) is 7.43. The number of nitrogens with zero attached hydrogens (tertiary/aromatic N) is 2. The van der Waals surface area contributed by atoms with Crippen LogP contribution in [-0.2, 0) is 13.1 Å². The summed E-state index contributed by atoms with van der Waals surface area (Å²) in [5.74, 6) is 1.96. The lowest BCUT2D eigenvalue weighted by Gasteiger charge is -1.98. The van der Waals surface area contributed by atoms with Gasteiger partial charge in [-0.3, -0.25) is 4.68 Å². The first-order valence-corrected chi connectivity index (χ1v) is 5.56. The van der Waals surface area contributed by atoms with E-state index < -0.39 is 0 Å². The Morgan fingerprint density at radius 2 is 2.38 bits per heavy atom. The second-order valence-corrected chi connectivity index (χ2v) is 3.78. The molecule has 0 atom stereocenters. The first kappa shape index (κ1) is 11.0. The largest absolute Gasteiger partial charge is 0.465 e. The summed E-state index contributed by atoms with van der Waals surface area (Å²) in [4.78, 5) is 0. The molecule has 0 aromatic carbocycles. The summed E-state index contributed by atoms with van der Waals surface area (Å²) in [6, 6.07) is 4.02. The molecule has 0 bridgehead atoms. The molecule has 0 aliphatic carbocycles. The molecule has 4 nitrogen and oxygen atoms in total. The predicted molar refractivity (Wildman–Crippen MR) is 62.2 cm³/mol. The lowest BCUT2D eigenvalue weighted by Crippen LogP contribution is -2.10. The van der Waals surface area contributed by atoms with Crippen LogP contribution in [0.1, 0.15) is 24.0 Å². The van der Waals surface area contributed by atoms with Crippen LogP contribution in [0.3, 0.4) is 0 Å². The fourth-order valence-corrected chi connectivity index (χ4v) is 1.65. The van der Waals surface area contributed by atoms with Crippen LogP contribution < -0.4 is 5.32 Å². The monoisotopic (exact) mass is 219 g/mol. The molecule has 0 unspecified atom stereocenters. The number of aryl methyl sites for hydroxylation is 1. The molecular weight excluding hydrogens is 202 g/mol. The summed E-state index contributed by atoms with van der Waals surface area (Å²) in [7, 11) is 0. The van der Waals surface area contributed by atoms with Crippen molar-refractivity contribution in [3.63, 3.8) is 0 Å². The van der Waals surface area contributed by atoms with Gasteiger partial charge in [0.05, 0.1) is 13.1 Å². The van der Waals surface area contributed by atoms with E-state index in [1.54, 1.807) is 6.20 Å². The molecule has 2 rings (SSSR count). The second-order valence-electron chi connectivity index (χ2n) is 3.78. The van der Waals surface area contributed by atoms with Gasteiger partial charge in [0.1, 0.15) is 11.5 Å².